The van der Waals surface area contributed by atoms with Gasteiger partial charge in [-0.1, -0.05) is 18.2 Å². The molecule has 0 atom stereocenters. The molecule has 0 fully saturated rings. The van der Waals surface area contributed by atoms with E-state index >= 15 is 0 Å². The van der Waals surface area contributed by atoms with Crippen LogP contribution in [0, 0.1) is 13.8 Å². The molecule has 1 amide bonds. The molecular formula is C25H28N2O7. The molecule has 2 aromatic carbocycles. The van der Waals surface area contributed by atoms with Crippen molar-refractivity contribution in [2.24, 2.45) is 0 Å². The molecule has 3 aromatic rings. The van der Waals surface area contributed by atoms with E-state index in [0.29, 0.717) is 42.6 Å². The van der Waals surface area contributed by atoms with E-state index in [4.69, 9.17) is 18.6 Å². The average molecular weight is 469 g/mol. The molecule has 180 valence electrons. The highest BCUT2D eigenvalue weighted by Gasteiger charge is 2.20. The fourth-order valence-electron chi connectivity index (χ4n) is 3.33. The maximum Gasteiger partial charge on any atom is 0.416 e. The molecule has 0 unspecified atom stereocenters. The van der Waals surface area contributed by atoms with E-state index in [1.807, 2.05) is 13.8 Å². The predicted octanol–water partition coefficient (Wildman–Crippen LogP) is 4.40. The average Bonchev–Trinajstić information content (AvgIpc) is 3.10. The molecule has 1 N–H and O–H groups in total. The van der Waals surface area contributed by atoms with E-state index in [1.54, 1.807) is 55.5 Å². The number of carbonyl (C=O) groups is 2. The molecule has 0 radical (unpaired) electrons. The number of aliphatic carboxylic acids is 1. The molecule has 0 saturated carbocycles. The number of carboxylic acid groups (broad SMARTS) is 1. The molecule has 0 aliphatic carbocycles. The summed E-state index contributed by atoms with van der Waals surface area (Å²) in [5, 5.41) is 9.29. The predicted molar refractivity (Wildman–Crippen MR) is 123 cm³/mol. The lowest BCUT2D eigenvalue weighted by Gasteiger charge is -2.20. The second-order valence-corrected chi connectivity index (χ2v) is 7.51. The summed E-state index contributed by atoms with van der Waals surface area (Å²) in [7, 11) is 0. The zero-order valence-electron chi connectivity index (χ0n) is 19.4. The van der Waals surface area contributed by atoms with Gasteiger partial charge in [0.05, 0.1) is 18.9 Å². The molecule has 1 heterocycles. The first-order valence-electron chi connectivity index (χ1n) is 10.9. The minimum Gasteiger partial charge on any atom is -0.494 e. The molecule has 0 bridgehead atoms. The van der Waals surface area contributed by atoms with Crippen LogP contribution in [0.25, 0.3) is 0 Å². The van der Waals surface area contributed by atoms with E-state index in [1.165, 1.54) is 0 Å². The third-order valence-corrected chi connectivity index (χ3v) is 4.79. The van der Waals surface area contributed by atoms with Crippen molar-refractivity contribution >= 4 is 12.1 Å². The summed E-state index contributed by atoms with van der Waals surface area (Å²) in [5.41, 5.74) is 1.55. The lowest BCUT2D eigenvalue weighted by Crippen LogP contribution is -2.37. The number of amides is 1. The highest BCUT2D eigenvalue weighted by molar-refractivity contribution is 5.78. The van der Waals surface area contributed by atoms with Gasteiger partial charge >= 0.3 is 12.1 Å². The highest BCUT2D eigenvalue weighted by atomic mass is 16.6. The quantitative estimate of drug-likeness (QED) is 0.441. The number of nitrogens with zero attached hydrogens (tertiary/aromatic N) is 2. The minimum absolute atomic E-state index is 0.0368. The molecule has 0 spiro atoms. The number of oxazole rings is 1. The SMILES string of the molecule is CCOc1cccc(OC(=O)N(CC(=O)O)Cc2cccc(OCCc3nc(C)oc3C)c2)c1. The maximum absolute atomic E-state index is 12.7. The zero-order valence-corrected chi connectivity index (χ0v) is 19.4. The summed E-state index contributed by atoms with van der Waals surface area (Å²) in [4.78, 5) is 29.5. The third kappa shape index (κ3) is 7.26. The van der Waals surface area contributed by atoms with Gasteiger partial charge < -0.3 is 23.7 Å². The second kappa shape index (κ2) is 11.7. The topological polar surface area (TPSA) is 111 Å². The highest BCUT2D eigenvalue weighted by Crippen LogP contribution is 2.21. The molecule has 1 aromatic heterocycles. The molecule has 0 aliphatic rings. The summed E-state index contributed by atoms with van der Waals surface area (Å²) in [5.74, 6) is 1.66. The van der Waals surface area contributed by atoms with Gasteiger partial charge in [-0.15, -0.1) is 0 Å². The Labute approximate surface area is 197 Å². The van der Waals surface area contributed by atoms with Crippen LogP contribution in [-0.2, 0) is 17.8 Å². The number of benzene rings is 2. The first-order chi connectivity index (χ1) is 16.3. The van der Waals surface area contributed by atoms with Crippen LogP contribution in [0.3, 0.4) is 0 Å². The van der Waals surface area contributed by atoms with Gasteiger partial charge in [0.25, 0.3) is 0 Å². The minimum atomic E-state index is -1.15. The molecule has 0 aliphatic heterocycles. The Bertz CT molecular complexity index is 1130. The van der Waals surface area contributed by atoms with Gasteiger partial charge in [-0.25, -0.2) is 9.78 Å². The lowest BCUT2D eigenvalue weighted by molar-refractivity contribution is -0.138. The smallest absolute Gasteiger partial charge is 0.416 e. The summed E-state index contributed by atoms with van der Waals surface area (Å²) in [6.07, 6.45) is -0.190. The first kappa shape index (κ1) is 24.6. The molecule has 34 heavy (non-hydrogen) atoms. The van der Waals surface area contributed by atoms with Crippen LogP contribution in [0.2, 0.25) is 0 Å². The summed E-state index contributed by atoms with van der Waals surface area (Å²) >= 11 is 0. The monoisotopic (exact) mass is 468 g/mol. The van der Waals surface area contributed by atoms with E-state index in [-0.39, 0.29) is 12.3 Å². The molecule has 9 heteroatoms. The number of hydrogen-bond acceptors (Lipinski definition) is 7. The number of carbonyl (C=O) groups excluding carboxylic acids is 1. The second-order valence-electron chi connectivity index (χ2n) is 7.51. The van der Waals surface area contributed by atoms with Gasteiger partial charge in [-0.3, -0.25) is 9.69 Å². The molecule has 0 saturated heterocycles. The summed E-state index contributed by atoms with van der Waals surface area (Å²) < 4.78 is 22.0. The van der Waals surface area contributed by atoms with Gasteiger partial charge in [-0.2, -0.15) is 0 Å². The molecular weight excluding hydrogens is 440 g/mol. The number of rotatable bonds is 11. The van der Waals surface area contributed by atoms with Gasteiger partial charge in [-0.05, 0) is 43.7 Å². The van der Waals surface area contributed by atoms with Crippen molar-refractivity contribution in [3.8, 4) is 17.2 Å². The Morgan fingerprint density at radius 3 is 2.41 bits per heavy atom. The van der Waals surface area contributed by atoms with Crippen molar-refractivity contribution in [2.75, 3.05) is 19.8 Å². The van der Waals surface area contributed by atoms with Crippen molar-refractivity contribution in [1.29, 1.82) is 0 Å². The Hall–Kier alpha value is -4.01. The van der Waals surface area contributed by atoms with Crippen LogP contribution in [-0.4, -0.2) is 46.8 Å². The number of ether oxygens (including phenoxy) is 3. The fourth-order valence-corrected chi connectivity index (χ4v) is 3.33. The normalized spacial score (nSPS) is 10.6. The van der Waals surface area contributed by atoms with Crippen molar-refractivity contribution in [1.82, 2.24) is 9.88 Å². The van der Waals surface area contributed by atoms with E-state index in [2.05, 4.69) is 4.98 Å². The van der Waals surface area contributed by atoms with Crippen molar-refractivity contribution in [3.63, 3.8) is 0 Å². The Morgan fingerprint density at radius 1 is 1.03 bits per heavy atom. The zero-order chi connectivity index (χ0) is 24.5. The Kier molecular flexibility index (Phi) is 8.50. The van der Waals surface area contributed by atoms with Crippen LogP contribution < -0.4 is 14.2 Å². The van der Waals surface area contributed by atoms with Crippen LogP contribution >= 0.6 is 0 Å². The Morgan fingerprint density at radius 2 is 1.74 bits per heavy atom. The van der Waals surface area contributed by atoms with Gasteiger partial charge in [0.15, 0.2) is 5.89 Å². The molecule has 9 nitrogen and oxygen atoms in total. The van der Waals surface area contributed by atoms with E-state index in [0.717, 1.165) is 16.4 Å². The summed E-state index contributed by atoms with van der Waals surface area (Å²) in [6, 6.07) is 13.7. The van der Waals surface area contributed by atoms with Crippen molar-refractivity contribution in [3.05, 3.63) is 71.4 Å². The number of aromatic nitrogens is 1. The van der Waals surface area contributed by atoms with Crippen LogP contribution in [0.1, 0.15) is 29.8 Å². The number of carboxylic acids is 1. The maximum atomic E-state index is 12.7. The van der Waals surface area contributed by atoms with Crippen molar-refractivity contribution in [2.45, 2.75) is 33.7 Å². The lowest BCUT2D eigenvalue weighted by atomic mass is 10.2. The van der Waals surface area contributed by atoms with Gasteiger partial charge in [0, 0.05) is 26.0 Å². The van der Waals surface area contributed by atoms with Crippen LogP contribution in [0.15, 0.2) is 52.9 Å². The number of aryl methyl sites for hydroxylation is 2. The van der Waals surface area contributed by atoms with Crippen LogP contribution in [0.5, 0.6) is 17.2 Å². The molecule has 3 rings (SSSR count). The fraction of sp³-hybridized carbons (Fsp3) is 0.320. The number of hydrogen-bond donors (Lipinski definition) is 1. The van der Waals surface area contributed by atoms with Gasteiger partial charge in [0.2, 0.25) is 0 Å². The van der Waals surface area contributed by atoms with Gasteiger partial charge in [0.1, 0.15) is 29.6 Å². The Balaban J connectivity index is 1.63. The standard InChI is InChI=1S/C25H28N2O7/c1-4-31-21-9-6-10-22(14-21)34-25(30)27(16-24(28)29)15-19-7-5-8-20(13-19)32-12-11-23-17(2)33-18(3)26-23/h5-10,13-14H,4,11-12,15-16H2,1-3H3,(H,28,29). The summed E-state index contributed by atoms with van der Waals surface area (Å²) in [6.45, 7) is 5.89. The van der Waals surface area contributed by atoms with Crippen LogP contribution in [0.4, 0.5) is 4.79 Å². The van der Waals surface area contributed by atoms with E-state index in [9.17, 15) is 14.7 Å². The third-order valence-electron chi connectivity index (χ3n) is 4.79. The van der Waals surface area contributed by atoms with E-state index < -0.39 is 18.6 Å². The van der Waals surface area contributed by atoms with Crippen molar-refractivity contribution < 1.29 is 33.3 Å². The largest absolute Gasteiger partial charge is 0.494 e. The first-order valence-corrected chi connectivity index (χ1v) is 10.9.